The number of benzene rings is 2. The Balaban J connectivity index is 1.20. The Morgan fingerprint density at radius 2 is 1.72 bits per heavy atom. The summed E-state index contributed by atoms with van der Waals surface area (Å²) >= 11 is 0. The smallest absolute Gasteiger partial charge is 0.317 e. The van der Waals surface area contributed by atoms with Crippen LogP contribution in [0.1, 0.15) is 47.6 Å². The first-order valence-electron chi connectivity index (χ1n) is 15.8. The van der Waals surface area contributed by atoms with E-state index in [1.807, 2.05) is 68.6 Å². The third-order valence-electron chi connectivity index (χ3n) is 9.82. The molecule has 240 valence electrons. The van der Waals surface area contributed by atoms with Crippen LogP contribution in [-0.2, 0) is 45.7 Å². The lowest BCUT2D eigenvalue weighted by Gasteiger charge is -2.41. The maximum atomic E-state index is 14.2. The van der Waals surface area contributed by atoms with Crippen LogP contribution in [0.4, 0.5) is 16.3 Å². The van der Waals surface area contributed by atoms with Crippen molar-refractivity contribution in [2.24, 2.45) is 5.41 Å². The number of nitrogens with zero attached hydrogens (tertiary/aromatic N) is 3. The molecule has 2 aliphatic heterocycles. The number of carbonyl (C=O) groups is 4. The van der Waals surface area contributed by atoms with Crippen molar-refractivity contribution in [3.63, 3.8) is 0 Å². The lowest BCUT2D eigenvalue weighted by Crippen LogP contribution is -2.52. The number of amides is 5. The van der Waals surface area contributed by atoms with Gasteiger partial charge in [-0.2, -0.15) is 0 Å². The molecule has 4 N–H and O–H groups in total. The zero-order chi connectivity index (χ0) is 32.5. The quantitative estimate of drug-likeness (QED) is 0.305. The van der Waals surface area contributed by atoms with Crippen molar-refractivity contribution in [3.8, 4) is 0 Å². The fraction of sp³-hybridized carbons (Fsp3) is 0.400. The highest BCUT2D eigenvalue weighted by atomic mass is 16.2. The van der Waals surface area contributed by atoms with Gasteiger partial charge in [0.15, 0.2) is 0 Å². The van der Waals surface area contributed by atoms with Gasteiger partial charge in [0.05, 0.1) is 5.41 Å². The van der Waals surface area contributed by atoms with Crippen molar-refractivity contribution in [1.82, 2.24) is 25.4 Å². The van der Waals surface area contributed by atoms with E-state index in [9.17, 15) is 19.2 Å². The molecule has 0 bridgehead atoms. The highest BCUT2D eigenvalue weighted by Gasteiger charge is 2.51. The van der Waals surface area contributed by atoms with Gasteiger partial charge in [-0.05, 0) is 73.2 Å². The third kappa shape index (κ3) is 5.82. The Labute approximate surface area is 269 Å². The van der Waals surface area contributed by atoms with Gasteiger partial charge in [0, 0.05) is 56.1 Å². The topological polar surface area (TPSA) is 136 Å². The monoisotopic (exact) mass is 623 g/mol. The van der Waals surface area contributed by atoms with Crippen LogP contribution >= 0.6 is 0 Å². The molecule has 3 aromatic rings. The Morgan fingerprint density at radius 3 is 2.46 bits per heavy atom. The van der Waals surface area contributed by atoms with Crippen molar-refractivity contribution in [2.75, 3.05) is 44.4 Å². The summed E-state index contributed by atoms with van der Waals surface area (Å²) in [5, 5.41) is 11.8. The van der Waals surface area contributed by atoms with Gasteiger partial charge in [-0.1, -0.05) is 43.3 Å². The molecule has 3 aliphatic rings. The summed E-state index contributed by atoms with van der Waals surface area (Å²) in [4.78, 5) is 60.9. The predicted molar refractivity (Wildman–Crippen MR) is 175 cm³/mol. The summed E-state index contributed by atoms with van der Waals surface area (Å²) in [7, 11) is 3.48. The molecular formula is C35H41N7O4. The summed E-state index contributed by atoms with van der Waals surface area (Å²) in [6.45, 7) is 3.67. The van der Waals surface area contributed by atoms with E-state index in [4.69, 9.17) is 0 Å². The van der Waals surface area contributed by atoms with Gasteiger partial charge in [0.2, 0.25) is 17.7 Å². The predicted octanol–water partition coefficient (Wildman–Crippen LogP) is 3.20. The lowest BCUT2D eigenvalue weighted by molar-refractivity contribution is -0.146. The summed E-state index contributed by atoms with van der Waals surface area (Å²) in [5.41, 5.74) is 4.23. The largest absolute Gasteiger partial charge is 0.341 e. The van der Waals surface area contributed by atoms with E-state index in [1.54, 1.807) is 23.0 Å². The number of rotatable bonds is 8. The molecule has 0 radical (unpaired) electrons. The fourth-order valence-electron chi connectivity index (χ4n) is 7.16. The molecule has 1 saturated heterocycles. The SMILES string of the molecule is CNCc1ccccc1CN(CC(=O)Nc1ccc2c(c1)C[C@@]1(C2)C(=O)Nc2ncccc21)C(=O)C1(C)CCN(C(=O)NC)CC1. The van der Waals surface area contributed by atoms with Crippen LogP contribution in [0.2, 0.25) is 0 Å². The van der Waals surface area contributed by atoms with E-state index < -0.39 is 10.8 Å². The summed E-state index contributed by atoms with van der Waals surface area (Å²) < 4.78 is 0. The highest BCUT2D eigenvalue weighted by Crippen LogP contribution is 2.47. The van der Waals surface area contributed by atoms with E-state index in [-0.39, 0.29) is 36.8 Å². The molecule has 0 saturated carbocycles. The molecular weight excluding hydrogens is 582 g/mol. The van der Waals surface area contributed by atoms with E-state index in [1.165, 1.54) is 0 Å². The van der Waals surface area contributed by atoms with E-state index >= 15 is 0 Å². The number of nitrogens with one attached hydrogen (secondary N) is 4. The van der Waals surface area contributed by atoms with Gasteiger partial charge in [-0.25, -0.2) is 9.78 Å². The maximum Gasteiger partial charge on any atom is 0.317 e. The number of anilines is 2. The molecule has 0 unspecified atom stereocenters. The minimum Gasteiger partial charge on any atom is -0.341 e. The first-order chi connectivity index (χ1) is 22.2. The number of likely N-dealkylation sites (tertiary alicyclic amines) is 1. The summed E-state index contributed by atoms with van der Waals surface area (Å²) in [6, 6.07) is 17.3. The zero-order valence-electron chi connectivity index (χ0n) is 26.6. The van der Waals surface area contributed by atoms with Crippen molar-refractivity contribution in [2.45, 2.75) is 51.1 Å². The van der Waals surface area contributed by atoms with Gasteiger partial charge < -0.3 is 31.1 Å². The average Bonchev–Trinajstić information content (AvgIpc) is 3.57. The first-order valence-corrected chi connectivity index (χ1v) is 15.8. The Kier molecular flexibility index (Phi) is 8.52. The molecule has 1 aliphatic carbocycles. The molecule has 46 heavy (non-hydrogen) atoms. The lowest BCUT2D eigenvalue weighted by atomic mass is 9.79. The van der Waals surface area contributed by atoms with Crippen molar-refractivity contribution < 1.29 is 19.2 Å². The molecule has 1 atom stereocenters. The van der Waals surface area contributed by atoms with E-state index in [0.29, 0.717) is 56.8 Å². The molecule has 3 heterocycles. The van der Waals surface area contributed by atoms with E-state index in [0.717, 1.165) is 27.8 Å². The molecule has 11 heteroatoms. The van der Waals surface area contributed by atoms with Crippen molar-refractivity contribution >= 4 is 35.3 Å². The van der Waals surface area contributed by atoms with Crippen LogP contribution in [0.5, 0.6) is 0 Å². The van der Waals surface area contributed by atoms with Crippen molar-refractivity contribution in [3.05, 3.63) is 88.6 Å². The number of fused-ring (bicyclic) bond motifs is 3. The number of pyridine rings is 1. The number of piperidine rings is 1. The van der Waals surface area contributed by atoms with Gasteiger partial charge in [-0.3, -0.25) is 14.4 Å². The molecule has 2 aromatic carbocycles. The second-order valence-electron chi connectivity index (χ2n) is 12.9. The number of carbonyl (C=O) groups excluding carboxylic acids is 4. The second kappa shape index (κ2) is 12.6. The number of urea groups is 1. The molecule has 6 rings (SSSR count). The Hall–Kier alpha value is -4.77. The van der Waals surface area contributed by atoms with Crippen LogP contribution in [0.3, 0.4) is 0 Å². The maximum absolute atomic E-state index is 14.2. The van der Waals surface area contributed by atoms with Crippen LogP contribution in [0, 0.1) is 5.41 Å². The van der Waals surface area contributed by atoms with E-state index in [2.05, 4.69) is 26.3 Å². The van der Waals surface area contributed by atoms with Gasteiger partial charge in [0.1, 0.15) is 12.4 Å². The standard InChI is InChI=1S/C35H41N7O4/c1-34(12-15-41(16-13-34)33(46)37-3)32(45)42(21-25-8-5-4-7-24(25)20-36-2)22-29(43)39-27-11-10-23-18-35(19-26(23)17-27)28-9-6-14-38-30(28)40-31(35)44/h4-11,14,17,36H,12-13,15-16,18-22H2,1-3H3,(H,37,46)(H,39,43)(H,38,40,44)/t35-/m1/s1. The first kappa shape index (κ1) is 31.2. The van der Waals surface area contributed by atoms with Crippen LogP contribution in [-0.4, -0.2) is 72.3 Å². The second-order valence-corrected chi connectivity index (χ2v) is 12.9. The Bertz CT molecular complexity index is 1680. The van der Waals surface area contributed by atoms with Crippen molar-refractivity contribution in [1.29, 1.82) is 0 Å². The summed E-state index contributed by atoms with van der Waals surface area (Å²) in [5.74, 6) is 0.161. The fourth-order valence-corrected chi connectivity index (χ4v) is 7.16. The van der Waals surface area contributed by atoms with Crippen LogP contribution < -0.4 is 21.3 Å². The number of hydrogen-bond donors (Lipinski definition) is 4. The number of hydrogen-bond acceptors (Lipinski definition) is 6. The number of aromatic nitrogens is 1. The van der Waals surface area contributed by atoms with Gasteiger partial charge in [0.25, 0.3) is 0 Å². The minimum absolute atomic E-state index is 0.0506. The van der Waals surface area contributed by atoms with Gasteiger partial charge in [-0.15, -0.1) is 0 Å². The minimum atomic E-state index is -0.711. The van der Waals surface area contributed by atoms with Gasteiger partial charge >= 0.3 is 6.03 Å². The molecule has 1 spiro atoms. The third-order valence-corrected chi connectivity index (χ3v) is 9.82. The summed E-state index contributed by atoms with van der Waals surface area (Å²) in [6.07, 6.45) is 3.79. The van der Waals surface area contributed by atoms with Crippen LogP contribution in [0.15, 0.2) is 60.8 Å². The molecule has 1 fully saturated rings. The average molecular weight is 624 g/mol. The normalized spacial score (nSPS) is 19.3. The zero-order valence-corrected chi connectivity index (χ0v) is 26.6. The molecule has 5 amide bonds. The molecule has 11 nitrogen and oxygen atoms in total. The molecule has 1 aromatic heterocycles. The van der Waals surface area contributed by atoms with Crippen LogP contribution in [0.25, 0.3) is 0 Å². The Morgan fingerprint density at radius 1 is 0.978 bits per heavy atom. The highest BCUT2D eigenvalue weighted by molar-refractivity contribution is 6.06.